The zero-order valence-corrected chi connectivity index (χ0v) is 11.6. The number of carbonyl (C=O) groups excluding carboxylic acids is 2. The van der Waals surface area contributed by atoms with E-state index >= 15 is 0 Å². The second kappa shape index (κ2) is 5.05. The van der Waals surface area contributed by atoms with Gasteiger partial charge < -0.3 is 10.2 Å². The van der Waals surface area contributed by atoms with Crippen LogP contribution in [0.1, 0.15) is 25.8 Å². The third-order valence-electron chi connectivity index (χ3n) is 3.30. The molecule has 0 bridgehead atoms. The van der Waals surface area contributed by atoms with Gasteiger partial charge in [0.25, 0.3) is 5.91 Å². The summed E-state index contributed by atoms with van der Waals surface area (Å²) in [5, 5.41) is 2.59. The van der Waals surface area contributed by atoms with Crippen LogP contribution >= 0.6 is 0 Å². The van der Waals surface area contributed by atoms with E-state index in [1.165, 1.54) is 17.0 Å². The first-order valence-corrected chi connectivity index (χ1v) is 6.41. The Morgan fingerprint density at radius 1 is 1.14 bits per heavy atom. The number of rotatable bonds is 1. The molecule has 0 unspecified atom stereocenters. The van der Waals surface area contributed by atoms with Gasteiger partial charge in [-0.1, -0.05) is 0 Å². The van der Waals surface area contributed by atoms with Crippen molar-refractivity contribution in [2.24, 2.45) is 0 Å². The van der Waals surface area contributed by atoms with E-state index in [9.17, 15) is 22.8 Å². The third kappa shape index (κ3) is 3.17. The SMILES string of the molecule is CC1(C)NC(=O)CCN(c2ccc(C(F)(F)F)cc2)C1=O. The van der Waals surface area contributed by atoms with Gasteiger partial charge in [0.05, 0.1) is 5.56 Å². The van der Waals surface area contributed by atoms with Gasteiger partial charge in [-0.25, -0.2) is 0 Å². The lowest BCUT2D eigenvalue weighted by Crippen LogP contribution is -2.53. The summed E-state index contributed by atoms with van der Waals surface area (Å²) in [6, 6.07) is 4.34. The Kier molecular flexibility index (Phi) is 3.69. The molecule has 21 heavy (non-hydrogen) atoms. The first-order valence-electron chi connectivity index (χ1n) is 6.41. The van der Waals surface area contributed by atoms with Crippen LogP contribution in [0.3, 0.4) is 0 Å². The average molecular weight is 300 g/mol. The summed E-state index contributed by atoms with van der Waals surface area (Å²) in [6.07, 6.45) is -4.31. The molecule has 0 radical (unpaired) electrons. The van der Waals surface area contributed by atoms with Crippen molar-refractivity contribution < 1.29 is 22.8 Å². The fourth-order valence-corrected chi connectivity index (χ4v) is 2.19. The number of benzene rings is 1. The topological polar surface area (TPSA) is 49.4 Å². The van der Waals surface area contributed by atoms with Crippen LogP contribution in [-0.4, -0.2) is 23.9 Å². The van der Waals surface area contributed by atoms with Crippen molar-refractivity contribution in [1.82, 2.24) is 5.32 Å². The van der Waals surface area contributed by atoms with Gasteiger partial charge in [0.1, 0.15) is 5.54 Å². The van der Waals surface area contributed by atoms with Gasteiger partial charge >= 0.3 is 6.18 Å². The van der Waals surface area contributed by atoms with E-state index in [1.807, 2.05) is 0 Å². The Morgan fingerprint density at radius 2 is 1.71 bits per heavy atom. The minimum absolute atomic E-state index is 0.107. The second-order valence-corrected chi connectivity index (χ2v) is 5.42. The van der Waals surface area contributed by atoms with Crippen molar-refractivity contribution in [3.8, 4) is 0 Å². The maximum atomic E-state index is 12.5. The summed E-state index contributed by atoms with van der Waals surface area (Å²) in [7, 11) is 0. The van der Waals surface area contributed by atoms with Crippen LogP contribution in [0, 0.1) is 0 Å². The van der Waals surface area contributed by atoms with Crippen LogP contribution in [0.25, 0.3) is 0 Å². The Labute approximate surface area is 119 Å². The van der Waals surface area contributed by atoms with Gasteiger partial charge in [-0.3, -0.25) is 9.59 Å². The number of anilines is 1. The van der Waals surface area contributed by atoms with E-state index in [0.29, 0.717) is 5.69 Å². The second-order valence-electron chi connectivity index (χ2n) is 5.42. The fraction of sp³-hybridized carbons (Fsp3) is 0.429. The highest BCUT2D eigenvalue weighted by Gasteiger charge is 2.37. The molecule has 0 atom stereocenters. The number of carbonyl (C=O) groups is 2. The predicted molar refractivity (Wildman–Crippen MR) is 70.6 cm³/mol. The van der Waals surface area contributed by atoms with Crippen molar-refractivity contribution in [2.45, 2.75) is 32.0 Å². The van der Waals surface area contributed by atoms with Crippen LogP contribution in [0.5, 0.6) is 0 Å². The third-order valence-corrected chi connectivity index (χ3v) is 3.30. The van der Waals surface area contributed by atoms with E-state index in [4.69, 9.17) is 0 Å². The molecule has 1 fully saturated rings. The van der Waals surface area contributed by atoms with Crippen molar-refractivity contribution in [1.29, 1.82) is 0 Å². The smallest absolute Gasteiger partial charge is 0.342 e. The van der Waals surface area contributed by atoms with E-state index in [2.05, 4.69) is 5.32 Å². The molecule has 0 aliphatic carbocycles. The van der Waals surface area contributed by atoms with Crippen LogP contribution < -0.4 is 10.2 Å². The Morgan fingerprint density at radius 3 is 2.24 bits per heavy atom. The predicted octanol–water partition coefficient (Wildman–Crippen LogP) is 2.34. The van der Waals surface area contributed by atoms with Crippen LogP contribution in [0.2, 0.25) is 0 Å². The molecule has 7 heteroatoms. The molecule has 2 amide bonds. The lowest BCUT2D eigenvalue weighted by molar-refractivity contribution is -0.137. The van der Waals surface area contributed by atoms with E-state index < -0.39 is 17.3 Å². The van der Waals surface area contributed by atoms with Crippen molar-refractivity contribution in [3.63, 3.8) is 0 Å². The van der Waals surface area contributed by atoms with E-state index in [1.54, 1.807) is 13.8 Å². The number of nitrogens with one attached hydrogen (secondary N) is 1. The zero-order valence-electron chi connectivity index (χ0n) is 11.6. The summed E-state index contributed by atoms with van der Waals surface area (Å²) >= 11 is 0. The fourth-order valence-electron chi connectivity index (χ4n) is 2.19. The lowest BCUT2D eigenvalue weighted by Gasteiger charge is -2.29. The van der Waals surface area contributed by atoms with Gasteiger partial charge in [-0.15, -0.1) is 0 Å². The van der Waals surface area contributed by atoms with Crippen molar-refractivity contribution in [3.05, 3.63) is 29.8 Å². The molecule has 1 aliphatic rings. The highest BCUT2D eigenvalue weighted by Crippen LogP contribution is 2.31. The Balaban J connectivity index is 2.32. The molecular weight excluding hydrogens is 285 g/mol. The van der Waals surface area contributed by atoms with Crippen molar-refractivity contribution in [2.75, 3.05) is 11.4 Å². The van der Waals surface area contributed by atoms with Gasteiger partial charge in [0.2, 0.25) is 5.91 Å². The molecule has 4 nitrogen and oxygen atoms in total. The maximum absolute atomic E-state index is 12.5. The van der Waals surface area contributed by atoms with Gasteiger partial charge in [0.15, 0.2) is 0 Å². The summed E-state index contributed by atoms with van der Waals surface area (Å²) < 4.78 is 37.6. The molecule has 1 aromatic carbocycles. The molecule has 0 spiro atoms. The molecule has 2 rings (SSSR count). The molecule has 1 N–H and O–H groups in total. The monoisotopic (exact) mass is 300 g/mol. The molecule has 1 aromatic rings. The summed E-state index contributed by atoms with van der Waals surface area (Å²) in [5.74, 6) is -0.615. The number of amides is 2. The van der Waals surface area contributed by atoms with E-state index in [-0.39, 0.29) is 24.8 Å². The molecular formula is C14H15F3N2O2. The highest BCUT2D eigenvalue weighted by atomic mass is 19.4. The molecule has 1 heterocycles. The molecule has 0 saturated carbocycles. The Bertz CT molecular complexity index is 565. The van der Waals surface area contributed by atoms with Crippen LogP contribution in [0.15, 0.2) is 24.3 Å². The molecule has 1 aliphatic heterocycles. The standard InChI is InChI=1S/C14H15F3N2O2/c1-13(2)12(21)19(8-7-11(20)18-13)10-5-3-9(4-6-10)14(15,16)17/h3-6H,7-8H2,1-2H3,(H,18,20). The summed E-state index contributed by atoms with van der Waals surface area (Å²) in [5.41, 5.74) is -1.52. The molecule has 114 valence electrons. The zero-order chi connectivity index (χ0) is 15.8. The molecule has 1 saturated heterocycles. The van der Waals surface area contributed by atoms with Crippen LogP contribution in [-0.2, 0) is 15.8 Å². The normalized spacial score (nSPS) is 19.2. The first kappa shape index (κ1) is 15.3. The first-order chi connectivity index (χ1) is 9.61. The average Bonchev–Trinajstić information content (AvgIpc) is 2.46. The van der Waals surface area contributed by atoms with Gasteiger partial charge in [-0.2, -0.15) is 13.2 Å². The van der Waals surface area contributed by atoms with Gasteiger partial charge in [-0.05, 0) is 38.1 Å². The van der Waals surface area contributed by atoms with Crippen LogP contribution in [0.4, 0.5) is 18.9 Å². The minimum atomic E-state index is -4.42. The summed E-state index contributed by atoms with van der Waals surface area (Å²) in [6.45, 7) is 3.27. The maximum Gasteiger partial charge on any atom is 0.416 e. The Hall–Kier alpha value is -2.05. The number of alkyl halides is 3. The lowest BCUT2D eigenvalue weighted by atomic mass is 10.0. The number of hydrogen-bond acceptors (Lipinski definition) is 2. The van der Waals surface area contributed by atoms with Gasteiger partial charge in [0, 0.05) is 18.7 Å². The number of halogens is 3. The number of nitrogens with zero attached hydrogens (tertiary/aromatic N) is 1. The summed E-state index contributed by atoms with van der Waals surface area (Å²) in [4.78, 5) is 25.3. The largest absolute Gasteiger partial charge is 0.416 e. The number of hydrogen-bond donors (Lipinski definition) is 1. The van der Waals surface area contributed by atoms with E-state index in [0.717, 1.165) is 12.1 Å². The van der Waals surface area contributed by atoms with Crippen molar-refractivity contribution >= 4 is 17.5 Å². The molecule has 0 aromatic heterocycles. The highest BCUT2D eigenvalue weighted by molar-refractivity contribution is 6.03. The minimum Gasteiger partial charge on any atom is -0.342 e. The quantitative estimate of drug-likeness (QED) is 0.865.